The van der Waals surface area contributed by atoms with Crippen molar-refractivity contribution in [3.05, 3.63) is 88.6 Å². The number of alkyl halides is 3. The Balaban J connectivity index is 1.24. The number of phenols is 1. The third-order valence-corrected chi connectivity index (χ3v) is 6.37. The number of aromatic hydroxyl groups is 1. The second-order valence-electron chi connectivity index (χ2n) is 8.86. The monoisotopic (exact) mass is 524 g/mol. The molecule has 1 amide bonds. The van der Waals surface area contributed by atoms with E-state index in [1.807, 2.05) is 18.2 Å². The zero-order valence-electron chi connectivity index (χ0n) is 20.1. The fourth-order valence-corrected chi connectivity index (χ4v) is 4.40. The maximum atomic E-state index is 13.0. The van der Waals surface area contributed by atoms with Gasteiger partial charge in [-0.15, -0.1) is 0 Å². The average Bonchev–Trinajstić information content (AvgIpc) is 2.91. The third kappa shape index (κ3) is 5.29. The van der Waals surface area contributed by atoms with Crippen molar-refractivity contribution < 1.29 is 32.2 Å². The number of ether oxygens (including phenoxy) is 1. The van der Waals surface area contributed by atoms with Crippen LogP contribution in [0.1, 0.15) is 5.56 Å². The maximum absolute atomic E-state index is 13.0. The summed E-state index contributed by atoms with van der Waals surface area (Å²) in [6, 6.07) is 18.1. The number of phenolic OH excluding ortho intramolecular Hbond substituents is 1. The summed E-state index contributed by atoms with van der Waals surface area (Å²) in [7, 11) is 0. The number of fused-ring (bicyclic) bond motifs is 1. The van der Waals surface area contributed by atoms with Crippen molar-refractivity contribution in [1.29, 1.82) is 0 Å². The molecule has 0 saturated carbocycles. The Bertz CT molecular complexity index is 1530. The predicted molar refractivity (Wildman–Crippen MR) is 135 cm³/mol. The molecule has 1 aromatic heterocycles. The smallest absolute Gasteiger partial charge is 0.416 e. The molecule has 196 valence electrons. The summed E-state index contributed by atoms with van der Waals surface area (Å²) < 4.78 is 50.6. The van der Waals surface area contributed by atoms with Crippen LogP contribution in [0.3, 0.4) is 0 Å². The standard InChI is InChI=1S/C28H23F3N2O5/c29-28(30,31)19-7-4-8-20(13-19)32-9-11-33(12-10-32)26(36)17-37-21-14-22(34)27-23(35)16-24(38-25(27)15-21)18-5-2-1-3-6-18/h1-8,13-16,34H,9-12,17H2. The minimum atomic E-state index is -4.42. The first-order valence-corrected chi connectivity index (χ1v) is 11.9. The Labute approximate surface area is 215 Å². The van der Waals surface area contributed by atoms with Crippen molar-refractivity contribution in [2.45, 2.75) is 6.18 Å². The summed E-state index contributed by atoms with van der Waals surface area (Å²) in [4.78, 5) is 28.7. The molecular weight excluding hydrogens is 501 g/mol. The lowest BCUT2D eigenvalue weighted by molar-refractivity contribution is -0.137. The van der Waals surface area contributed by atoms with Crippen molar-refractivity contribution in [3.8, 4) is 22.8 Å². The van der Waals surface area contributed by atoms with Gasteiger partial charge in [0.25, 0.3) is 5.91 Å². The van der Waals surface area contributed by atoms with E-state index in [4.69, 9.17) is 9.15 Å². The van der Waals surface area contributed by atoms with Gasteiger partial charge in [-0.25, -0.2) is 0 Å². The van der Waals surface area contributed by atoms with Crippen LogP contribution in [0, 0.1) is 0 Å². The van der Waals surface area contributed by atoms with Gasteiger partial charge < -0.3 is 24.1 Å². The van der Waals surface area contributed by atoms with Gasteiger partial charge in [0.15, 0.2) is 12.0 Å². The van der Waals surface area contributed by atoms with Gasteiger partial charge in [0.2, 0.25) is 0 Å². The number of piperazine rings is 1. The molecule has 0 unspecified atom stereocenters. The number of benzene rings is 3. The number of rotatable bonds is 5. The van der Waals surface area contributed by atoms with Crippen LogP contribution in [0.15, 0.2) is 82.0 Å². The third-order valence-electron chi connectivity index (χ3n) is 6.37. The Kier molecular flexibility index (Phi) is 6.71. The van der Waals surface area contributed by atoms with E-state index < -0.39 is 17.2 Å². The van der Waals surface area contributed by atoms with E-state index in [9.17, 15) is 27.9 Å². The summed E-state index contributed by atoms with van der Waals surface area (Å²) in [5.74, 6) is -0.158. The molecule has 0 bridgehead atoms. The number of carbonyl (C=O) groups is 1. The first kappa shape index (κ1) is 25.2. The molecule has 1 aliphatic heterocycles. The van der Waals surface area contributed by atoms with E-state index in [0.717, 1.165) is 12.1 Å². The highest BCUT2D eigenvalue weighted by molar-refractivity contribution is 5.86. The largest absolute Gasteiger partial charge is 0.507 e. The summed E-state index contributed by atoms with van der Waals surface area (Å²) in [5.41, 5.74) is 0.132. The highest BCUT2D eigenvalue weighted by atomic mass is 19.4. The maximum Gasteiger partial charge on any atom is 0.416 e. The zero-order valence-corrected chi connectivity index (χ0v) is 20.1. The van der Waals surface area contributed by atoms with E-state index >= 15 is 0 Å². The van der Waals surface area contributed by atoms with E-state index in [1.165, 1.54) is 24.3 Å². The molecule has 1 aliphatic rings. The first-order valence-electron chi connectivity index (χ1n) is 11.9. The second kappa shape index (κ2) is 10.1. The van der Waals surface area contributed by atoms with Crippen LogP contribution in [-0.4, -0.2) is 48.7 Å². The van der Waals surface area contributed by atoms with E-state index in [0.29, 0.717) is 43.2 Å². The van der Waals surface area contributed by atoms with Crippen LogP contribution >= 0.6 is 0 Å². The van der Waals surface area contributed by atoms with Crippen LogP contribution < -0.4 is 15.1 Å². The Morgan fingerprint density at radius 3 is 2.39 bits per heavy atom. The van der Waals surface area contributed by atoms with Crippen LogP contribution in [0.5, 0.6) is 11.5 Å². The molecule has 2 heterocycles. The van der Waals surface area contributed by atoms with Crippen LogP contribution in [0.25, 0.3) is 22.3 Å². The van der Waals surface area contributed by atoms with Gasteiger partial charge in [0, 0.05) is 55.6 Å². The summed E-state index contributed by atoms with van der Waals surface area (Å²) in [6.45, 7) is 1.05. The van der Waals surface area contributed by atoms with E-state index in [1.54, 1.807) is 28.0 Å². The molecule has 3 aromatic carbocycles. The molecule has 4 aromatic rings. The lowest BCUT2D eigenvalue weighted by Crippen LogP contribution is -2.50. The van der Waals surface area contributed by atoms with Gasteiger partial charge >= 0.3 is 6.18 Å². The highest BCUT2D eigenvalue weighted by Crippen LogP contribution is 2.33. The fraction of sp³-hybridized carbons (Fsp3) is 0.214. The molecule has 38 heavy (non-hydrogen) atoms. The fourth-order valence-electron chi connectivity index (χ4n) is 4.40. The van der Waals surface area contributed by atoms with Gasteiger partial charge in [-0.2, -0.15) is 13.2 Å². The number of hydrogen-bond donors (Lipinski definition) is 1. The number of carbonyl (C=O) groups excluding carboxylic acids is 1. The molecule has 1 N–H and O–H groups in total. The Morgan fingerprint density at radius 2 is 1.68 bits per heavy atom. The van der Waals surface area contributed by atoms with Crippen molar-refractivity contribution >= 4 is 22.6 Å². The molecule has 5 rings (SSSR count). The van der Waals surface area contributed by atoms with Crippen molar-refractivity contribution in [2.75, 3.05) is 37.7 Å². The van der Waals surface area contributed by atoms with Crippen molar-refractivity contribution in [3.63, 3.8) is 0 Å². The number of nitrogens with zero attached hydrogens (tertiary/aromatic N) is 2. The first-order chi connectivity index (χ1) is 18.2. The lowest BCUT2D eigenvalue weighted by Gasteiger charge is -2.36. The summed E-state index contributed by atoms with van der Waals surface area (Å²) in [6.07, 6.45) is -4.42. The van der Waals surface area contributed by atoms with Gasteiger partial charge in [-0.3, -0.25) is 9.59 Å². The molecule has 0 atom stereocenters. The average molecular weight is 524 g/mol. The van der Waals surface area contributed by atoms with Crippen LogP contribution in [0.4, 0.5) is 18.9 Å². The van der Waals surface area contributed by atoms with Crippen LogP contribution in [-0.2, 0) is 11.0 Å². The molecule has 0 spiro atoms. The van der Waals surface area contributed by atoms with E-state index in [2.05, 4.69) is 0 Å². The van der Waals surface area contributed by atoms with Gasteiger partial charge in [-0.1, -0.05) is 36.4 Å². The molecule has 1 fully saturated rings. The summed E-state index contributed by atoms with van der Waals surface area (Å²) >= 11 is 0. The number of anilines is 1. The quantitative estimate of drug-likeness (QED) is 0.400. The zero-order chi connectivity index (χ0) is 26.9. The van der Waals surface area contributed by atoms with Gasteiger partial charge in [0.1, 0.15) is 28.2 Å². The second-order valence-corrected chi connectivity index (χ2v) is 8.86. The summed E-state index contributed by atoms with van der Waals surface area (Å²) in [5, 5.41) is 10.4. The Morgan fingerprint density at radius 1 is 0.947 bits per heavy atom. The minimum Gasteiger partial charge on any atom is -0.507 e. The number of halogens is 3. The molecule has 0 aliphatic carbocycles. The van der Waals surface area contributed by atoms with Crippen LogP contribution in [0.2, 0.25) is 0 Å². The van der Waals surface area contributed by atoms with Crippen molar-refractivity contribution in [2.24, 2.45) is 0 Å². The van der Waals surface area contributed by atoms with E-state index in [-0.39, 0.29) is 35.0 Å². The Hall–Kier alpha value is -4.47. The SMILES string of the molecule is O=C(COc1cc(O)c2c(=O)cc(-c3ccccc3)oc2c1)N1CCN(c2cccc(C(F)(F)F)c2)CC1. The lowest BCUT2D eigenvalue weighted by atomic mass is 10.1. The highest BCUT2D eigenvalue weighted by Gasteiger charge is 2.31. The molecule has 7 nitrogen and oxygen atoms in total. The molecule has 1 saturated heterocycles. The molecule has 0 radical (unpaired) electrons. The normalized spacial score (nSPS) is 14.1. The molecular formula is C28H23F3N2O5. The minimum absolute atomic E-state index is 0.00840. The predicted octanol–water partition coefficient (Wildman–Crippen LogP) is 4.91. The molecule has 10 heteroatoms. The topological polar surface area (TPSA) is 83.2 Å². The van der Waals surface area contributed by atoms with Crippen molar-refractivity contribution in [1.82, 2.24) is 4.90 Å². The number of amides is 1. The number of hydrogen-bond acceptors (Lipinski definition) is 6. The van der Waals surface area contributed by atoms with Gasteiger partial charge in [0.05, 0.1) is 5.56 Å². The van der Waals surface area contributed by atoms with Gasteiger partial charge in [-0.05, 0) is 18.2 Å².